The van der Waals surface area contributed by atoms with E-state index < -0.39 is 5.97 Å². The number of hydrogen-bond donors (Lipinski definition) is 3. The van der Waals surface area contributed by atoms with Crippen LogP contribution in [0.25, 0.3) is 11.0 Å². The van der Waals surface area contributed by atoms with Gasteiger partial charge in [-0.2, -0.15) is 0 Å². The number of thiol groups is 2. The van der Waals surface area contributed by atoms with Gasteiger partial charge in [0, 0.05) is 21.2 Å². The van der Waals surface area contributed by atoms with Gasteiger partial charge in [-0.25, -0.2) is 4.79 Å². The fourth-order valence-corrected chi connectivity index (χ4v) is 1.87. The molecule has 0 aliphatic carbocycles. The zero-order valence-electron chi connectivity index (χ0n) is 6.89. The normalized spacial score (nSPS) is 10.7. The van der Waals surface area contributed by atoms with Crippen LogP contribution in [0.4, 0.5) is 0 Å². The van der Waals surface area contributed by atoms with Crippen LogP contribution in [-0.2, 0) is 0 Å². The number of fused-ring (bicyclic) bond motifs is 1. The number of carbonyl (C=O) groups is 1. The minimum atomic E-state index is -1.09. The van der Waals surface area contributed by atoms with Crippen molar-refractivity contribution in [2.24, 2.45) is 0 Å². The summed E-state index contributed by atoms with van der Waals surface area (Å²) in [4.78, 5) is 12.0. The molecule has 0 unspecified atom stereocenters. The third-order valence-corrected chi connectivity index (χ3v) is 2.44. The Bertz CT molecular complexity index is 516. The van der Waals surface area contributed by atoms with Crippen LogP contribution in [0, 0.1) is 0 Å². The SMILES string of the molecule is O=C(O)c1cc2c(S)cc(S)cc2o1. The van der Waals surface area contributed by atoms with Gasteiger partial charge in [-0.05, 0) is 12.1 Å². The first-order valence-electron chi connectivity index (χ1n) is 3.77. The summed E-state index contributed by atoms with van der Waals surface area (Å²) in [5, 5.41) is 9.39. The number of benzene rings is 1. The van der Waals surface area contributed by atoms with Crippen LogP contribution < -0.4 is 0 Å². The van der Waals surface area contributed by atoms with E-state index in [2.05, 4.69) is 25.3 Å². The lowest BCUT2D eigenvalue weighted by Gasteiger charge is -1.94. The molecule has 0 atom stereocenters. The van der Waals surface area contributed by atoms with Crippen molar-refractivity contribution in [1.29, 1.82) is 0 Å². The highest BCUT2D eigenvalue weighted by molar-refractivity contribution is 7.81. The molecular weight excluding hydrogens is 220 g/mol. The lowest BCUT2D eigenvalue weighted by Crippen LogP contribution is -1.91. The lowest BCUT2D eigenvalue weighted by molar-refractivity contribution is 0.0665. The predicted octanol–water partition coefficient (Wildman–Crippen LogP) is 2.71. The molecule has 14 heavy (non-hydrogen) atoms. The van der Waals surface area contributed by atoms with Gasteiger partial charge in [0.25, 0.3) is 0 Å². The molecule has 0 amide bonds. The molecule has 0 spiro atoms. The maximum Gasteiger partial charge on any atom is 0.371 e. The van der Waals surface area contributed by atoms with Crippen LogP contribution in [0.15, 0.2) is 32.4 Å². The van der Waals surface area contributed by atoms with Crippen LogP contribution in [0.1, 0.15) is 10.6 Å². The standard InChI is InChI=1S/C9H6O3S2/c10-9(11)7-3-5-6(12-7)1-4(13)2-8(5)14/h1-3,13-14H,(H,10,11). The van der Waals surface area contributed by atoms with Crippen LogP contribution >= 0.6 is 25.3 Å². The first-order chi connectivity index (χ1) is 6.58. The second kappa shape index (κ2) is 3.25. The summed E-state index contributed by atoms with van der Waals surface area (Å²) in [7, 11) is 0. The first-order valence-corrected chi connectivity index (χ1v) is 4.66. The van der Waals surface area contributed by atoms with E-state index in [9.17, 15) is 4.79 Å². The fraction of sp³-hybridized carbons (Fsp3) is 0. The van der Waals surface area contributed by atoms with E-state index in [1.807, 2.05) is 0 Å². The molecule has 0 aliphatic heterocycles. The van der Waals surface area contributed by atoms with Gasteiger partial charge in [0.1, 0.15) is 5.58 Å². The number of aromatic carboxylic acids is 1. The van der Waals surface area contributed by atoms with Crippen molar-refractivity contribution in [2.45, 2.75) is 9.79 Å². The van der Waals surface area contributed by atoms with Crippen molar-refractivity contribution in [2.75, 3.05) is 0 Å². The molecule has 0 saturated heterocycles. The molecule has 1 aromatic heterocycles. The van der Waals surface area contributed by atoms with E-state index in [0.717, 1.165) is 0 Å². The third-order valence-electron chi connectivity index (χ3n) is 1.81. The van der Waals surface area contributed by atoms with Gasteiger partial charge < -0.3 is 9.52 Å². The number of carboxylic acids is 1. The summed E-state index contributed by atoms with van der Waals surface area (Å²) in [5.74, 6) is -1.18. The molecule has 0 saturated carbocycles. The highest BCUT2D eigenvalue weighted by atomic mass is 32.1. The Morgan fingerprint density at radius 3 is 2.64 bits per heavy atom. The quantitative estimate of drug-likeness (QED) is 0.655. The monoisotopic (exact) mass is 226 g/mol. The average Bonchev–Trinajstić information content (AvgIpc) is 2.47. The highest BCUT2D eigenvalue weighted by Gasteiger charge is 2.12. The Morgan fingerprint density at radius 2 is 2.00 bits per heavy atom. The van der Waals surface area contributed by atoms with Crippen molar-refractivity contribution in [3.05, 3.63) is 24.0 Å². The van der Waals surface area contributed by atoms with Gasteiger partial charge >= 0.3 is 5.97 Å². The molecule has 2 rings (SSSR count). The summed E-state index contributed by atoms with van der Waals surface area (Å²) >= 11 is 8.33. The molecule has 1 aromatic carbocycles. The molecule has 0 bridgehead atoms. The molecule has 2 aromatic rings. The van der Waals surface area contributed by atoms with Crippen LogP contribution in [-0.4, -0.2) is 11.1 Å². The largest absolute Gasteiger partial charge is 0.475 e. The Labute approximate surface area is 90.5 Å². The number of rotatable bonds is 1. The van der Waals surface area contributed by atoms with E-state index in [1.54, 1.807) is 12.1 Å². The summed E-state index contributed by atoms with van der Waals surface area (Å²) in [6.07, 6.45) is 0. The van der Waals surface area contributed by atoms with Crippen molar-refractivity contribution in [3.8, 4) is 0 Å². The van der Waals surface area contributed by atoms with Crippen molar-refractivity contribution in [3.63, 3.8) is 0 Å². The maximum absolute atomic E-state index is 10.6. The summed E-state index contributed by atoms with van der Waals surface area (Å²) in [6, 6.07) is 4.84. The van der Waals surface area contributed by atoms with Gasteiger partial charge in [-0.1, -0.05) is 0 Å². The van der Waals surface area contributed by atoms with Gasteiger partial charge in [0.2, 0.25) is 5.76 Å². The average molecular weight is 226 g/mol. The highest BCUT2D eigenvalue weighted by Crippen LogP contribution is 2.28. The molecule has 0 fully saturated rings. The minimum Gasteiger partial charge on any atom is -0.475 e. The Kier molecular flexibility index (Phi) is 2.20. The molecule has 72 valence electrons. The number of hydrogen-bond acceptors (Lipinski definition) is 4. The van der Waals surface area contributed by atoms with E-state index in [1.165, 1.54) is 6.07 Å². The second-order valence-corrected chi connectivity index (χ2v) is 3.79. The predicted molar refractivity (Wildman–Crippen MR) is 57.7 cm³/mol. The zero-order chi connectivity index (χ0) is 10.3. The second-order valence-electron chi connectivity index (χ2n) is 2.79. The molecule has 3 nitrogen and oxygen atoms in total. The topological polar surface area (TPSA) is 50.4 Å². The molecule has 5 heteroatoms. The summed E-state index contributed by atoms with van der Waals surface area (Å²) in [6.45, 7) is 0. The van der Waals surface area contributed by atoms with E-state index in [0.29, 0.717) is 20.8 Å². The molecule has 1 N–H and O–H groups in total. The van der Waals surface area contributed by atoms with E-state index >= 15 is 0 Å². The van der Waals surface area contributed by atoms with Gasteiger partial charge in [0.15, 0.2) is 0 Å². The van der Waals surface area contributed by atoms with Crippen LogP contribution in [0.3, 0.4) is 0 Å². The van der Waals surface area contributed by atoms with E-state index in [4.69, 9.17) is 9.52 Å². The maximum atomic E-state index is 10.6. The fourth-order valence-electron chi connectivity index (χ4n) is 1.21. The zero-order valence-corrected chi connectivity index (χ0v) is 8.68. The van der Waals surface area contributed by atoms with Crippen molar-refractivity contribution >= 4 is 42.2 Å². The molecular formula is C9H6O3S2. The number of furan rings is 1. The Balaban J connectivity index is 2.76. The Morgan fingerprint density at radius 1 is 1.29 bits per heavy atom. The van der Waals surface area contributed by atoms with Gasteiger partial charge in [-0.15, -0.1) is 25.3 Å². The Hall–Kier alpha value is -1.07. The van der Waals surface area contributed by atoms with Crippen molar-refractivity contribution in [1.82, 2.24) is 0 Å². The van der Waals surface area contributed by atoms with Crippen molar-refractivity contribution < 1.29 is 14.3 Å². The molecule has 0 radical (unpaired) electrons. The lowest BCUT2D eigenvalue weighted by atomic mass is 10.2. The molecule has 0 aliphatic rings. The van der Waals surface area contributed by atoms with Gasteiger partial charge in [0.05, 0.1) is 0 Å². The summed E-state index contributed by atoms with van der Waals surface area (Å²) < 4.78 is 5.09. The smallest absolute Gasteiger partial charge is 0.371 e. The van der Waals surface area contributed by atoms with Crippen LogP contribution in [0.2, 0.25) is 0 Å². The van der Waals surface area contributed by atoms with Crippen LogP contribution in [0.5, 0.6) is 0 Å². The summed E-state index contributed by atoms with van der Waals surface area (Å²) in [5.41, 5.74) is 0.486. The minimum absolute atomic E-state index is 0.0887. The van der Waals surface area contributed by atoms with E-state index in [-0.39, 0.29) is 5.76 Å². The third kappa shape index (κ3) is 1.49. The molecule has 1 heterocycles. The first kappa shape index (κ1) is 9.48. The van der Waals surface area contributed by atoms with Gasteiger partial charge in [-0.3, -0.25) is 0 Å². The number of carboxylic acid groups (broad SMARTS) is 1.